The topological polar surface area (TPSA) is 67.4 Å². The molecule has 1 atom stereocenters. The van der Waals surface area contributed by atoms with Crippen molar-refractivity contribution in [3.05, 3.63) is 29.3 Å². The van der Waals surface area contributed by atoms with Gasteiger partial charge in [-0.2, -0.15) is 0 Å². The van der Waals surface area contributed by atoms with Gasteiger partial charge in [-0.3, -0.25) is 9.59 Å². The number of rotatable bonds is 2. The number of anilines is 1. The molecule has 0 spiro atoms. The number of carbonyl (C=O) groups excluding carboxylic acids is 2. The summed E-state index contributed by atoms with van der Waals surface area (Å²) in [4.78, 5) is 23.7. The van der Waals surface area contributed by atoms with E-state index in [0.717, 1.165) is 24.1 Å². The Balaban J connectivity index is 1.69. The highest BCUT2D eigenvalue weighted by atomic mass is 16.5. The van der Waals surface area contributed by atoms with Crippen LogP contribution < -0.4 is 10.6 Å². The monoisotopic (exact) mass is 288 g/mol. The SMILES string of the molecule is CC1(C)CC(NC(=O)c2ccc3c(c2)CC(=O)N3)CCO1. The molecule has 2 amide bonds. The van der Waals surface area contributed by atoms with E-state index in [2.05, 4.69) is 10.6 Å². The lowest BCUT2D eigenvalue weighted by molar-refractivity contribution is -0.115. The summed E-state index contributed by atoms with van der Waals surface area (Å²) in [5.41, 5.74) is 2.11. The van der Waals surface area contributed by atoms with Crippen LogP contribution in [0, 0.1) is 0 Å². The predicted molar refractivity (Wildman–Crippen MR) is 79.3 cm³/mol. The first-order valence-electron chi connectivity index (χ1n) is 7.30. The summed E-state index contributed by atoms with van der Waals surface area (Å²) in [7, 11) is 0. The third kappa shape index (κ3) is 3.08. The average Bonchev–Trinajstić information content (AvgIpc) is 2.76. The van der Waals surface area contributed by atoms with Gasteiger partial charge in [0.15, 0.2) is 0 Å². The highest BCUT2D eigenvalue weighted by molar-refractivity contribution is 6.01. The van der Waals surface area contributed by atoms with Crippen LogP contribution in [0.2, 0.25) is 0 Å². The molecule has 5 nitrogen and oxygen atoms in total. The number of hydrogen-bond acceptors (Lipinski definition) is 3. The second kappa shape index (κ2) is 5.15. The normalized spacial score (nSPS) is 23.3. The van der Waals surface area contributed by atoms with Gasteiger partial charge in [-0.05, 0) is 50.5 Å². The Kier molecular flexibility index (Phi) is 3.45. The highest BCUT2D eigenvalue weighted by Gasteiger charge is 2.30. The molecule has 2 aliphatic heterocycles. The van der Waals surface area contributed by atoms with Crippen LogP contribution in [0.25, 0.3) is 0 Å². The Labute approximate surface area is 124 Å². The zero-order valence-electron chi connectivity index (χ0n) is 12.4. The number of fused-ring (bicyclic) bond motifs is 1. The van der Waals surface area contributed by atoms with Crippen LogP contribution in [-0.4, -0.2) is 30.1 Å². The summed E-state index contributed by atoms with van der Waals surface area (Å²) in [5.74, 6) is -0.103. The molecule has 3 rings (SSSR count). The van der Waals surface area contributed by atoms with E-state index in [0.29, 0.717) is 18.6 Å². The van der Waals surface area contributed by atoms with Crippen molar-refractivity contribution < 1.29 is 14.3 Å². The molecular formula is C16H20N2O3. The van der Waals surface area contributed by atoms with Gasteiger partial charge in [-0.15, -0.1) is 0 Å². The smallest absolute Gasteiger partial charge is 0.251 e. The Morgan fingerprint density at radius 3 is 3.00 bits per heavy atom. The number of nitrogens with one attached hydrogen (secondary N) is 2. The summed E-state index contributed by atoms with van der Waals surface area (Å²) >= 11 is 0. The molecule has 21 heavy (non-hydrogen) atoms. The number of hydrogen-bond donors (Lipinski definition) is 2. The fourth-order valence-corrected chi connectivity index (χ4v) is 2.99. The number of amides is 2. The van der Waals surface area contributed by atoms with Crippen molar-refractivity contribution in [3.63, 3.8) is 0 Å². The van der Waals surface area contributed by atoms with Crippen LogP contribution >= 0.6 is 0 Å². The highest BCUT2D eigenvalue weighted by Crippen LogP contribution is 2.26. The summed E-state index contributed by atoms with van der Waals surface area (Å²) in [6.45, 7) is 4.75. The lowest BCUT2D eigenvalue weighted by Gasteiger charge is -2.35. The number of carbonyl (C=O) groups is 2. The Bertz CT molecular complexity index is 595. The maximum atomic E-state index is 12.3. The molecule has 2 aliphatic rings. The van der Waals surface area contributed by atoms with Gasteiger partial charge in [-0.1, -0.05) is 0 Å². The fourth-order valence-electron chi connectivity index (χ4n) is 2.99. The molecule has 2 N–H and O–H groups in total. The van der Waals surface area contributed by atoms with E-state index in [1.807, 2.05) is 13.8 Å². The van der Waals surface area contributed by atoms with Crippen molar-refractivity contribution in [1.82, 2.24) is 5.32 Å². The molecule has 1 fully saturated rings. The van der Waals surface area contributed by atoms with Crippen molar-refractivity contribution in [2.45, 2.75) is 44.8 Å². The van der Waals surface area contributed by atoms with Crippen LogP contribution in [-0.2, 0) is 16.0 Å². The van der Waals surface area contributed by atoms with Gasteiger partial charge in [0.2, 0.25) is 5.91 Å². The Hall–Kier alpha value is -1.88. The summed E-state index contributed by atoms with van der Waals surface area (Å²) in [6.07, 6.45) is 1.99. The molecule has 0 radical (unpaired) electrons. The molecular weight excluding hydrogens is 268 g/mol. The van der Waals surface area contributed by atoms with Gasteiger partial charge in [0, 0.05) is 23.9 Å². The minimum atomic E-state index is -0.190. The summed E-state index contributed by atoms with van der Waals surface area (Å²) in [5, 5.41) is 5.84. The molecule has 5 heteroatoms. The Morgan fingerprint density at radius 2 is 2.24 bits per heavy atom. The molecule has 112 valence electrons. The molecule has 0 saturated carbocycles. The molecule has 0 aromatic heterocycles. The van der Waals surface area contributed by atoms with Crippen molar-refractivity contribution in [2.75, 3.05) is 11.9 Å². The average molecular weight is 288 g/mol. The molecule has 2 heterocycles. The molecule has 1 aromatic rings. The van der Waals surface area contributed by atoms with Gasteiger partial charge in [0.25, 0.3) is 5.91 Å². The van der Waals surface area contributed by atoms with Crippen molar-refractivity contribution in [1.29, 1.82) is 0 Å². The van der Waals surface area contributed by atoms with Gasteiger partial charge < -0.3 is 15.4 Å². The lowest BCUT2D eigenvalue weighted by atomic mass is 9.93. The minimum absolute atomic E-state index is 0.0197. The van der Waals surface area contributed by atoms with E-state index >= 15 is 0 Å². The molecule has 0 aliphatic carbocycles. The van der Waals surface area contributed by atoms with E-state index in [4.69, 9.17) is 4.74 Å². The van der Waals surface area contributed by atoms with Crippen LogP contribution in [0.5, 0.6) is 0 Å². The van der Waals surface area contributed by atoms with Crippen LogP contribution in [0.3, 0.4) is 0 Å². The second-order valence-electron chi connectivity index (χ2n) is 6.37. The lowest BCUT2D eigenvalue weighted by Crippen LogP contribution is -2.45. The number of ether oxygens (including phenoxy) is 1. The molecule has 0 bridgehead atoms. The van der Waals surface area contributed by atoms with Gasteiger partial charge >= 0.3 is 0 Å². The first kappa shape index (κ1) is 14.1. The van der Waals surface area contributed by atoms with E-state index < -0.39 is 0 Å². The third-order valence-electron chi connectivity index (χ3n) is 4.02. The first-order chi connectivity index (χ1) is 9.93. The molecule has 1 saturated heterocycles. The van der Waals surface area contributed by atoms with E-state index in [9.17, 15) is 9.59 Å². The first-order valence-corrected chi connectivity index (χ1v) is 7.30. The standard InChI is InChI=1S/C16H20N2O3/c1-16(2)9-12(5-6-21-16)17-15(20)10-3-4-13-11(7-10)8-14(19)18-13/h3-4,7,12H,5-6,8-9H2,1-2H3,(H,17,20)(H,18,19). The van der Waals surface area contributed by atoms with Crippen LogP contribution in [0.15, 0.2) is 18.2 Å². The van der Waals surface area contributed by atoms with Crippen molar-refractivity contribution >= 4 is 17.5 Å². The number of benzene rings is 1. The van der Waals surface area contributed by atoms with Crippen LogP contribution in [0.4, 0.5) is 5.69 Å². The van der Waals surface area contributed by atoms with Crippen molar-refractivity contribution in [2.24, 2.45) is 0 Å². The largest absolute Gasteiger partial charge is 0.375 e. The summed E-state index contributed by atoms with van der Waals surface area (Å²) < 4.78 is 5.66. The van der Waals surface area contributed by atoms with Crippen molar-refractivity contribution in [3.8, 4) is 0 Å². The molecule has 1 aromatic carbocycles. The maximum Gasteiger partial charge on any atom is 0.251 e. The quantitative estimate of drug-likeness (QED) is 0.873. The molecule has 1 unspecified atom stereocenters. The van der Waals surface area contributed by atoms with Gasteiger partial charge in [0.05, 0.1) is 12.0 Å². The maximum absolute atomic E-state index is 12.3. The van der Waals surface area contributed by atoms with E-state index in [1.54, 1.807) is 18.2 Å². The second-order valence-corrected chi connectivity index (χ2v) is 6.37. The Morgan fingerprint density at radius 1 is 1.43 bits per heavy atom. The van der Waals surface area contributed by atoms with Crippen LogP contribution in [0.1, 0.15) is 42.6 Å². The van der Waals surface area contributed by atoms with E-state index in [-0.39, 0.29) is 23.5 Å². The predicted octanol–water partition coefficient (Wildman–Crippen LogP) is 1.87. The zero-order valence-corrected chi connectivity index (χ0v) is 12.4. The van der Waals surface area contributed by atoms with E-state index in [1.165, 1.54) is 0 Å². The summed E-state index contributed by atoms with van der Waals surface area (Å²) in [6, 6.07) is 5.48. The van der Waals surface area contributed by atoms with Gasteiger partial charge in [0.1, 0.15) is 0 Å². The minimum Gasteiger partial charge on any atom is -0.375 e. The van der Waals surface area contributed by atoms with Gasteiger partial charge in [-0.25, -0.2) is 0 Å². The zero-order chi connectivity index (χ0) is 15.0. The fraction of sp³-hybridized carbons (Fsp3) is 0.500. The third-order valence-corrected chi connectivity index (χ3v) is 4.02.